The lowest BCUT2D eigenvalue weighted by Crippen LogP contribution is -2.41. The van der Waals surface area contributed by atoms with Crippen molar-refractivity contribution < 1.29 is 33.1 Å². The van der Waals surface area contributed by atoms with Crippen molar-refractivity contribution in [1.82, 2.24) is 15.5 Å². The van der Waals surface area contributed by atoms with Crippen LogP contribution in [0.5, 0.6) is 0 Å². The van der Waals surface area contributed by atoms with Crippen LogP contribution in [0.3, 0.4) is 0 Å². The van der Waals surface area contributed by atoms with E-state index in [1.54, 1.807) is 12.1 Å². The summed E-state index contributed by atoms with van der Waals surface area (Å²) in [6, 6.07) is 15.6. The van der Waals surface area contributed by atoms with Crippen LogP contribution in [0.4, 0.5) is 4.79 Å². The monoisotopic (exact) mass is 461 g/mol. The third kappa shape index (κ3) is 5.01. The Morgan fingerprint density at radius 3 is 2.41 bits per heavy atom. The molecule has 172 valence electrons. The van der Waals surface area contributed by atoms with E-state index in [1.165, 1.54) is 24.5 Å². The second-order valence-electron chi connectivity index (χ2n) is 7.33. The van der Waals surface area contributed by atoms with Gasteiger partial charge < -0.3 is 14.5 Å². The van der Waals surface area contributed by atoms with Gasteiger partial charge in [0.1, 0.15) is 5.76 Å². The number of hydrogen-bond acceptors (Lipinski definition) is 7. The molecule has 4 rings (SSSR count). The number of ether oxygens (including phenoxy) is 1. The Bertz CT molecular complexity index is 1250. The number of fused-ring (bicyclic) bond motifs is 1. The molecule has 0 spiro atoms. The molecule has 1 aliphatic heterocycles. The molecule has 0 saturated carbocycles. The number of urea groups is 1. The number of imide groups is 2. The van der Waals surface area contributed by atoms with Crippen molar-refractivity contribution in [3.8, 4) is 0 Å². The van der Waals surface area contributed by atoms with E-state index in [1.807, 2.05) is 30.3 Å². The lowest BCUT2D eigenvalue weighted by Gasteiger charge is -2.11. The molecule has 2 aromatic carbocycles. The van der Waals surface area contributed by atoms with Gasteiger partial charge in [-0.3, -0.25) is 24.6 Å². The fourth-order valence-electron chi connectivity index (χ4n) is 3.32. The normalized spacial score (nSPS) is 12.3. The van der Waals surface area contributed by atoms with E-state index in [4.69, 9.17) is 9.15 Å². The number of nitrogens with zero attached hydrogens (tertiary/aromatic N) is 1. The molecular formula is C24H19N3O7. The number of carbonyl (C=O) groups excluding carboxylic acids is 5. The van der Waals surface area contributed by atoms with Crippen molar-refractivity contribution in [3.63, 3.8) is 0 Å². The maximum atomic E-state index is 12.7. The minimum atomic E-state index is -0.882. The predicted octanol–water partition coefficient (Wildman–Crippen LogP) is 2.26. The summed E-state index contributed by atoms with van der Waals surface area (Å²) >= 11 is 0. The first-order valence-electron chi connectivity index (χ1n) is 10.2. The van der Waals surface area contributed by atoms with Crippen LogP contribution in [-0.4, -0.2) is 41.2 Å². The summed E-state index contributed by atoms with van der Waals surface area (Å²) in [4.78, 5) is 62.3. The van der Waals surface area contributed by atoms with E-state index in [2.05, 4.69) is 10.6 Å². The highest BCUT2D eigenvalue weighted by Gasteiger charge is 2.36. The zero-order chi connectivity index (χ0) is 24.1. The van der Waals surface area contributed by atoms with Gasteiger partial charge in [-0.25, -0.2) is 9.59 Å². The van der Waals surface area contributed by atoms with E-state index in [9.17, 15) is 24.0 Å². The molecule has 0 unspecified atom stereocenters. The second kappa shape index (κ2) is 9.82. The highest BCUT2D eigenvalue weighted by Crippen LogP contribution is 2.26. The molecule has 0 fully saturated rings. The van der Waals surface area contributed by atoms with Crippen molar-refractivity contribution in [2.45, 2.75) is 13.1 Å². The zero-order valence-electron chi connectivity index (χ0n) is 17.8. The van der Waals surface area contributed by atoms with Crippen molar-refractivity contribution in [2.75, 3.05) is 6.61 Å². The first-order valence-corrected chi connectivity index (χ1v) is 10.2. The number of hydrogen-bond donors (Lipinski definition) is 2. The molecule has 2 N–H and O–H groups in total. The Balaban J connectivity index is 1.30. The molecule has 10 heteroatoms. The van der Waals surface area contributed by atoms with E-state index < -0.39 is 36.3 Å². The standard InChI is InChI=1S/C24H19N3O7/c28-20(26-24(32)25-12-15-5-2-1-3-6-15)14-34-23(31)16-8-9-18-19(11-16)22(30)27(21(18)29)13-17-7-4-10-33-17/h1-11H,12-14H2,(H2,25,26,28,32). The first-order chi connectivity index (χ1) is 16.4. The van der Waals surface area contributed by atoms with Crippen molar-refractivity contribution >= 4 is 29.7 Å². The topological polar surface area (TPSA) is 135 Å². The third-order valence-corrected chi connectivity index (χ3v) is 4.98. The van der Waals surface area contributed by atoms with Gasteiger partial charge in [0.05, 0.1) is 29.5 Å². The summed E-state index contributed by atoms with van der Waals surface area (Å²) in [5, 5.41) is 4.57. The van der Waals surface area contributed by atoms with Gasteiger partial charge in [0.25, 0.3) is 17.7 Å². The molecule has 5 amide bonds. The molecule has 10 nitrogen and oxygen atoms in total. The molecule has 0 atom stereocenters. The number of furan rings is 1. The maximum absolute atomic E-state index is 12.7. The molecule has 0 radical (unpaired) electrons. The van der Waals surface area contributed by atoms with Crippen molar-refractivity contribution in [1.29, 1.82) is 0 Å². The average Bonchev–Trinajstić information content (AvgIpc) is 3.44. The van der Waals surface area contributed by atoms with E-state index in [-0.39, 0.29) is 29.8 Å². The first kappa shape index (κ1) is 22.5. The SMILES string of the molecule is O=C(COC(=O)c1ccc2c(c1)C(=O)N(Cc1ccco1)C2=O)NC(=O)NCc1ccccc1. The van der Waals surface area contributed by atoms with E-state index in [0.29, 0.717) is 5.76 Å². The van der Waals surface area contributed by atoms with Crippen LogP contribution < -0.4 is 10.6 Å². The molecule has 34 heavy (non-hydrogen) atoms. The molecule has 1 aliphatic rings. The molecule has 0 bridgehead atoms. The second-order valence-corrected chi connectivity index (χ2v) is 7.33. The third-order valence-electron chi connectivity index (χ3n) is 4.98. The quantitative estimate of drug-likeness (QED) is 0.407. The van der Waals surface area contributed by atoms with Gasteiger partial charge >= 0.3 is 12.0 Å². The Kier molecular flexibility index (Phi) is 6.49. The molecule has 1 aromatic heterocycles. The lowest BCUT2D eigenvalue weighted by atomic mass is 10.1. The predicted molar refractivity (Wildman–Crippen MR) is 116 cm³/mol. The molecule has 0 saturated heterocycles. The van der Waals surface area contributed by atoms with Crippen LogP contribution in [0, 0.1) is 0 Å². The number of nitrogens with one attached hydrogen (secondary N) is 2. The summed E-state index contributed by atoms with van der Waals surface area (Å²) in [6.07, 6.45) is 1.44. The van der Waals surface area contributed by atoms with Crippen LogP contribution >= 0.6 is 0 Å². The van der Waals surface area contributed by atoms with Crippen LogP contribution in [-0.2, 0) is 22.6 Å². The minimum Gasteiger partial charge on any atom is -0.467 e. The maximum Gasteiger partial charge on any atom is 0.338 e. The number of amides is 5. The summed E-state index contributed by atoms with van der Waals surface area (Å²) in [6.45, 7) is -0.518. The summed E-state index contributed by atoms with van der Waals surface area (Å²) < 4.78 is 10.1. The number of esters is 1. The van der Waals surface area contributed by atoms with Crippen LogP contribution in [0.15, 0.2) is 71.3 Å². The number of carbonyl (C=O) groups is 5. The van der Waals surface area contributed by atoms with E-state index in [0.717, 1.165) is 10.5 Å². The molecular weight excluding hydrogens is 442 g/mol. The van der Waals surface area contributed by atoms with Gasteiger partial charge in [-0.15, -0.1) is 0 Å². The highest BCUT2D eigenvalue weighted by atomic mass is 16.5. The Labute approximate surface area is 193 Å². The van der Waals surface area contributed by atoms with Gasteiger partial charge in [0.2, 0.25) is 0 Å². The summed E-state index contributed by atoms with van der Waals surface area (Å²) in [5.74, 6) is -2.34. The average molecular weight is 461 g/mol. The number of benzene rings is 2. The summed E-state index contributed by atoms with van der Waals surface area (Å²) in [5.41, 5.74) is 1.04. The van der Waals surface area contributed by atoms with Crippen molar-refractivity contribution in [3.05, 3.63) is 94.9 Å². The van der Waals surface area contributed by atoms with Gasteiger partial charge in [0.15, 0.2) is 6.61 Å². The Morgan fingerprint density at radius 1 is 0.912 bits per heavy atom. The van der Waals surface area contributed by atoms with Crippen LogP contribution in [0.2, 0.25) is 0 Å². The van der Waals surface area contributed by atoms with Gasteiger partial charge in [-0.1, -0.05) is 30.3 Å². The fraction of sp³-hybridized carbons (Fsp3) is 0.125. The van der Waals surface area contributed by atoms with Gasteiger partial charge in [0, 0.05) is 6.54 Å². The zero-order valence-corrected chi connectivity index (χ0v) is 17.8. The highest BCUT2D eigenvalue weighted by molar-refractivity contribution is 6.21. The van der Waals surface area contributed by atoms with Gasteiger partial charge in [-0.05, 0) is 35.9 Å². The molecule has 0 aliphatic carbocycles. The van der Waals surface area contributed by atoms with Crippen molar-refractivity contribution in [2.24, 2.45) is 0 Å². The summed E-state index contributed by atoms with van der Waals surface area (Å²) in [7, 11) is 0. The Morgan fingerprint density at radius 2 is 1.68 bits per heavy atom. The number of rotatable bonds is 7. The largest absolute Gasteiger partial charge is 0.467 e. The van der Waals surface area contributed by atoms with Gasteiger partial charge in [-0.2, -0.15) is 0 Å². The molecule has 2 heterocycles. The molecule has 3 aromatic rings. The smallest absolute Gasteiger partial charge is 0.338 e. The van der Waals surface area contributed by atoms with Crippen LogP contribution in [0.1, 0.15) is 42.4 Å². The minimum absolute atomic E-state index is 0.0129. The van der Waals surface area contributed by atoms with E-state index >= 15 is 0 Å². The fourth-order valence-corrected chi connectivity index (χ4v) is 3.32. The Hall–Kier alpha value is -4.73. The lowest BCUT2D eigenvalue weighted by molar-refractivity contribution is -0.123. The van der Waals surface area contributed by atoms with Crippen LogP contribution in [0.25, 0.3) is 0 Å².